The molecule has 0 aromatic rings. The Hall–Kier alpha value is -0.0800. The molecule has 0 saturated heterocycles. The molecule has 0 heterocycles. The molecule has 1 saturated carbocycles. The Labute approximate surface area is 76.1 Å². The van der Waals surface area contributed by atoms with Gasteiger partial charge in [0.15, 0.2) is 0 Å². The highest BCUT2D eigenvalue weighted by atomic mass is 14.9. The van der Waals surface area contributed by atoms with E-state index < -0.39 is 0 Å². The van der Waals surface area contributed by atoms with Crippen LogP contribution in [0.25, 0.3) is 0 Å². The van der Waals surface area contributed by atoms with Gasteiger partial charge in [0.2, 0.25) is 0 Å². The zero-order valence-corrected chi connectivity index (χ0v) is 8.56. The molecule has 1 aliphatic carbocycles. The van der Waals surface area contributed by atoms with E-state index in [-0.39, 0.29) is 0 Å². The highest BCUT2D eigenvalue weighted by Crippen LogP contribution is 2.26. The Morgan fingerprint density at radius 2 is 1.50 bits per heavy atom. The van der Waals surface area contributed by atoms with E-state index in [0.717, 1.165) is 18.0 Å². The molecule has 12 heavy (non-hydrogen) atoms. The van der Waals surface area contributed by atoms with Crippen molar-refractivity contribution in [2.75, 3.05) is 14.1 Å². The van der Waals surface area contributed by atoms with E-state index >= 15 is 0 Å². The van der Waals surface area contributed by atoms with Crippen molar-refractivity contribution in [1.82, 2.24) is 10.6 Å². The second-order valence-electron chi connectivity index (χ2n) is 3.95. The summed E-state index contributed by atoms with van der Waals surface area (Å²) in [6, 6.07) is 1.47. The molecule has 1 rings (SSSR count). The molecule has 0 aromatic heterocycles. The van der Waals surface area contributed by atoms with Crippen LogP contribution >= 0.6 is 0 Å². The standard InChI is InChI=1S/C10H22N2/c1-4-8-5-9(11-2)7-10(6-8)12-3/h8-12H,4-7H2,1-3H3. The van der Waals surface area contributed by atoms with Crippen LogP contribution in [0.3, 0.4) is 0 Å². The van der Waals surface area contributed by atoms with E-state index in [0.29, 0.717) is 0 Å². The summed E-state index contributed by atoms with van der Waals surface area (Å²) in [5, 5.41) is 6.78. The Bertz CT molecular complexity index is 95.2. The van der Waals surface area contributed by atoms with E-state index in [4.69, 9.17) is 0 Å². The molecule has 0 bridgehead atoms. The van der Waals surface area contributed by atoms with Gasteiger partial charge in [0.1, 0.15) is 0 Å². The Balaban J connectivity index is 2.41. The van der Waals surface area contributed by atoms with E-state index in [1.165, 1.54) is 25.7 Å². The van der Waals surface area contributed by atoms with E-state index in [9.17, 15) is 0 Å². The van der Waals surface area contributed by atoms with Crippen LogP contribution in [0.4, 0.5) is 0 Å². The van der Waals surface area contributed by atoms with Gasteiger partial charge in [-0.2, -0.15) is 0 Å². The zero-order valence-electron chi connectivity index (χ0n) is 8.56. The lowest BCUT2D eigenvalue weighted by atomic mass is 9.81. The molecule has 0 amide bonds. The number of rotatable bonds is 3. The first-order chi connectivity index (χ1) is 5.80. The summed E-state index contributed by atoms with van der Waals surface area (Å²) in [5.41, 5.74) is 0. The third-order valence-corrected chi connectivity index (χ3v) is 3.20. The monoisotopic (exact) mass is 170 g/mol. The lowest BCUT2D eigenvalue weighted by molar-refractivity contribution is 0.241. The molecule has 2 heteroatoms. The maximum Gasteiger partial charge on any atom is 0.00815 e. The minimum atomic E-state index is 0.737. The first-order valence-corrected chi connectivity index (χ1v) is 5.14. The van der Waals surface area contributed by atoms with Crippen molar-refractivity contribution in [3.63, 3.8) is 0 Å². The van der Waals surface area contributed by atoms with Crippen molar-refractivity contribution >= 4 is 0 Å². The van der Waals surface area contributed by atoms with Gasteiger partial charge in [0.25, 0.3) is 0 Å². The average Bonchev–Trinajstić information content (AvgIpc) is 2.16. The average molecular weight is 170 g/mol. The van der Waals surface area contributed by atoms with Gasteiger partial charge in [-0.05, 0) is 39.3 Å². The smallest absolute Gasteiger partial charge is 0.00815 e. The summed E-state index contributed by atoms with van der Waals surface area (Å²) in [7, 11) is 4.16. The van der Waals surface area contributed by atoms with Crippen molar-refractivity contribution in [1.29, 1.82) is 0 Å². The summed E-state index contributed by atoms with van der Waals surface area (Å²) in [4.78, 5) is 0. The highest BCUT2D eigenvalue weighted by molar-refractivity contribution is 4.84. The van der Waals surface area contributed by atoms with Gasteiger partial charge in [0, 0.05) is 12.1 Å². The van der Waals surface area contributed by atoms with E-state index in [2.05, 4.69) is 31.7 Å². The lowest BCUT2D eigenvalue weighted by Gasteiger charge is -2.34. The summed E-state index contributed by atoms with van der Waals surface area (Å²) < 4.78 is 0. The van der Waals surface area contributed by atoms with Crippen molar-refractivity contribution in [3.05, 3.63) is 0 Å². The molecule has 2 unspecified atom stereocenters. The van der Waals surface area contributed by atoms with Gasteiger partial charge in [-0.1, -0.05) is 13.3 Å². The summed E-state index contributed by atoms with van der Waals surface area (Å²) in [5.74, 6) is 0.925. The molecule has 1 fully saturated rings. The van der Waals surface area contributed by atoms with Crippen LogP contribution in [0, 0.1) is 5.92 Å². The maximum atomic E-state index is 3.39. The lowest BCUT2D eigenvalue weighted by Crippen LogP contribution is -2.42. The second kappa shape index (κ2) is 4.83. The van der Waals surface area contributed by atoms with Gasteiger partial charge in [0.05, 0.1) is 0 Å². The fraction of sp³-hybridized carbons (Fsp3) is 1.00. The Morgan fingerprint density at radius 3 is 1.83 bits per heavy atom. The predicted molar refractivity (Wildman–Crippen MR) is 53.3 cm³/mol. The summed E-state index contributed by atoms with van der Waals surface area (Å²) in [6.07, 6.45) is 5.36. The third-order valence-electron chi connectivity index (χ3n) is 3.20. The summed E-state index contributed by atoms with van der Waals surface area (Å²) >= 11 is 0. The largest absolute Gasteiger partial charge is 0.317 e. The predicted octanol–water partition coefficient (Wildman–Crippen LogP) is 1.37. The normalized spacial score (nSPS) is 36.8. The highest BCUT2D eigenvalue weighted by Gasteiger charge is 2.25. The molecule has 0 radical (unpaired) electrons. The molecule has 72 valence electrons. The molecule has 0 spiro atoms. The zero-order chi connectivity index (χ0) is 8.97. The first kappa shape index (κ1) is 10.0. The fourth-order valence-corrected chi connectivity index (χ4v) is 2.24. The molecule has 1 aliphatic rings. The van der Waals surface area contributed by atoms with Crippen LogP contribution in [0.2, 0.25) is 0 Å². The van der Waals surface area contributed by atoms with Gasteiger partial charge in [-0.15, -0.1) is 0 Å². The second-order valence-corrected chi connectivity index (χ2v) is 3.95. The fourth-order valence-electron chi connectivity index (χ4n) is 2.24. The number of hydrogen-bond acceptors (Lipinski definition) is 2. The van der Waals surface area contributed by atoms with Crippen molar-refractivity contribution in [3.8, 4) is 0 Å². The topological polar surface area (TPSA) is 24.1 Å². The molecule has 2 atom stereocenters. The van der Waals surface area contributed by atoms with Gasteiger partial charge < -0.3 is 10.6 Å². The molecule has 2 N–H and O–H groups in total. The van der Waals surface area contributed by atoms with Crippen LogP contribution in [0.15, 0.2) is 0 Å². The van der Waals surface area contributed by atoms with E-state index in [1.54, 1.807) is 0 Å². The minimum Gasteiger partial charge on any atom is -0.317 e. The van der Waals surface area contributed by atoms with Gasteiger partial charge in [-0.25, -0.2) is 0 Å². The minimum absolute atomic E-state index is 0.737. The van der Waals surface area contributed by atoms with E-state index in [1.807, 2.05) is 0 Å². The van der Waals surface area contributed by atoms with Crippen LogP contribution in [0.1, 0.15) is 32.6 Å². The summed E-state index contributed by atoms with van der Waals surface area (Å²) in [6.45, 7) is 2.30. The maximum absolute atomic E-state index is 3.39. The first-order valence-electron chi connectivity index (χ1n) is 5.14. The Morgan fingerprint density at radius 1 is 1.00 bits per heavy atom. The molecule has 2 nitrogen and oxygen atoms in total. The third kappa shape index (κ3) is 2.46. The number of nitrogens with one attached hydrogen (secondary N) is 2. The molecular formula is C10H22N2. The molecule has 0 aromatic carbocycles. The molecule has 0 aliphatic heterocycles. The van der Waals surface area contributed by atoms with Crippen molar-refractivity contribution in [2.45, 2.75) is 44.7 Å². The van der Waals surface area contributed by atoms with Gasteiger partial charge in [-0.3, -0.25) is 0 Å². The quantitative estimate of drug-likeness (QED) is 0.668. The van der Waals surface area contributed by atoms with Crippen LogP contribution < -0.4 is 10.6 Å². The van der Waals surface area contributed by atoms with Crippen LogP contribution in [-0.2, 0) is 0 Å². The molecular weight excluding hydrogens is 148 g/mol. The van der Waals surface area contributed by atoms with Crippen LogP contribution in [0.5, 0.6) is 0 Å². The Kier molecular flexibility index (Phi) is 4.02. The van der Waals surface area contributed by atoms with Crippen LogP contribution in [-0.4, -0.2) is 26.2 Å². The number of hydrogen-bond donors (Lipinski definition) is 2. The van der Waals surface area contributed by atoms with Crippen molar-refractivity contribution in [2.24, 2.45) is 5.92 Å². The van der Waals surface area contributed by atoms with Gasteiger partial charge >= 0.3 is 0 Å². The SMILES string of the molecule is CCC1CC(NC)CC(NC)C1. The van der Waals surface area contributed by atoms with Crippen molar-refractivity contribution < 1.29 is 0 Å².